The highest BCUT2D eigenvalue weighted by Crippen LogP contribution is 2.44. The molecule has 318 valence electrons. The molecule has 12 aromatic carbocycles. The molecular weight excluding hydrogens is 829 g/mol. The van der Waals surface area contributed by atoms with Crippen molar-refractivity contribution in [3.05, 3.63) is 320 Å². The summed E-state index contributed by atoms with van der Waals surface area (Å²) in [4.78, 5) is 0. The Morgan fingerprint density at radius 2 is 0.609 bits per heavy atom. The Balaban J connectivity index is 1.21. The van der Waals surface area contributed by atoms with Crippen molar-refractivity contribution in [1.82, 2.24) is 0 Å². The quantitative estimate of drug-likeness (QED) is 0.114. The van der Waals surface area contributed by atoms with Crippen LogP contribution in [0.15, 0.2) is 249 Å². The molecule has 0 radical (unpaired) electrons. The maximum Gasteiger partial charge on any atom is 0.0645 e. The highest BCUT2D eigenvalue weighted by atomic mass is 14.3. The number of rotatable bonds is 1. The van der Waals surface area contributed by atoms with Crippen LogP contribution in [0.2, 0.25) is 0 Å². The van der Waals surface area contributed by atoms with E-state index in [1.807, 2.05) is 0 Å². The van der Waals surface area contributed by atoms with Gasteiger partial charge in [-0.25, -0.2) is 0 Å². The summed E-state index contributed by atoms with van der Waals surface area (Å²) in [5.41, 5.74) is 12.9. The molecule has 0 bridgehead atoms. The van der Waals surface area contributed by atoms with E-state index < -0.39 is 0 Å². The van der Waals surface area contributed by atoms with E-state index in [1.165, 1.54) is 130 Å². The highest BCUT2D eigenvalue weighted by Gasteiger charge is 2.36. The number of hydrogen-bond donors (Lipinski definition) is 0. The van der Waals surface area contributed by atoms with E-state index in [-0.39, 0.29) is 0 Å². The fourth-order valence-electron chi connectivity index (χ4n) is 11.8. The SMILES string of the molecule is C(=c1c2ccccc2c(=C2c3ccccc3[C+](c3ccccc3)c3ccccc32)c2ccccc12)=c1c2ccccc2c(=c2c3ccccc3c(=C3C=C[CH-]C=C3)c3ccccc23)c2ccccc12. The van der Waals surface area contributed by atoms with Gasteiger partial charge in [-0.15, -0.1) is 11.3 Å². The third kappa shape index (κ3) is 5.97. The van der Waals surface area contributed by atoms with E-state index in [0.29, 0.717) is 0 Å². The molecule has 0 heteroatoms. The average Bonchev–Trinajstić information content (AvgIpc) is 3.42. The lowest BCUT2D eigenvalue weighted by atomic mass is 9.72. The van der Waals surface area contributed by atoms with Crippen LogP contribution in [0.1, 0.15) is 27.8 Å². The summed E-state index contributed by atoms with van der Waals surface area (Å²) in [6.07, 6.45) is 10.9. The number of allylic oxidation sites excluding steroid dienone is 4. The molecule has 0 amide bonds. The van der Waals surface area contributed by atoms with Crippen molar-refractivity contribution in [2.45, 2.75) is 0 Å². The first-order chi connectivity index (χ1) is 34.3. The summed E-state index contributed by atoms with van der Waals surface area (Å²) < 4.78 is 0. The Morgan fingerprint density at radius 1 is 0.290 bits per heavy atom. The summed E-state index contributed by atoms with van der Waals surface area (Å²) in [6.45, 7) is 0. The van der Waals surface area contributed by atoms with Crippen molar-refractivity contribution in [3.8, 4) is 0 Å². The molecule has 14 rings (SSSR count). The largest absolute Gasteiger partial charge is 0.172 e. The molecule has 12 aromatic rings. The summed E-state index contributed by atoms with van der Waals surface area (Å²) in [5.74, 6) is 1.27. The van der Waals surface area contributed by atoms with Crippen molar-refractivity contribution >= 4 is 81.5 Å². The Labute approximate surface area is 399 Å². The van der Waals surface area contributed by atoms with Crippen molar-refractivity contribution in [2.75, 3.05) is 0 Å². The van der Waals surface area contributed by atoms with Gasteiger partial charge in [0.05, 0.1) is 22.6 Å². The second kappa shape index (κ2) is 15.8. The molecule has 0 spiro atoms. The average molecular weight is 871 g/mol. The Hall–Kier alpha value is -9.06. The van der Waals surface area contributed by atoms with Crippen LogP contribution >= 0.6 is 0 Å². The summed E-state index contributed by atoms with van der Waals surface area (Å²) in [6, 6.07) is 82.9. The monoisotopic (exact) mass is 870 g/mol. The van der Waals surface area contributed by atoms with Crippen molar-refractivity contribution in [3.63, 3.8) is 0 Å². The van der Waals surface area contributed by atoms with Gasteiger partial charge in [-0.3, -0.25) is 0 Å². The number of hydrogen-bond acceptors (Lipinski definition) is 0. The molecule has 0 aromatic heterocycles. The Morgan fingerprint density at radius 3 is 1.03 bits per heavy atom. The van der Waals surface area contributed by atoms with Gasteiger partial charge in [0, 0.05) is 32.4 Å². The van der Waals surface area contributed by atoms with Gasteiger partial charge in [0.2, 0.25) is 0 Å². The second-order valence-electron chi connectivity index (χ2n) is 18.2. The maximum absolute atomic E-state index is 4.24. The van der Waals surface area contributed by atoms with Crippen molar-refractivity contribution < 1.29 is 0 Å². The minimum Gasteiger partial charge on any atom is -0.172 e. The smallest absolute Gasteiger partial charge is 0.0645 e. The third-order valence-corrected chi connectivity index (χ3v) is 14.6. The predicted molar refractivity (Wildman–Crippen MR) is 291 cm³/mol. The standard InChI is InChI=1S/C69H42/c1-3-23-44(24-4-1)64-54-35-15-19-39-58(54)68(59-40-20-16-36-55(59)64)66-50-31-11-7-27-46(50)62(47-28-8-12-32-51(47)66)43-63-48-29-9-13-33-52(48)67(53-34-14-10-30-49(53)63)69-60-41-21-17-37-56(60)65(45-25-5-2-6-26-45)57-38-18-22-42-61(57)69/h1-42H. The molecule has 69 heavy (non-hydrogen) atoms. The predicted octanol–water partition coefficient (Wildman–Crippen LogP) is 13.7. The lowest BCUT2D eigenvalue weighted by molar-refractivity contribution is 1.18. The van der Waals surface area contributed by atoms with Crippen LogP contribution in [0.3, 0.4) is 0 Å². The lowest BCUT2D eigenvalue weighted by Gasteiger charge is -2.26. The van der Waals surface area contributed by atoms with Gasteiger partial charge in [-0.1, -0.05) is 164 Å². The fourth-order valence-corrected chi connectivity index (χ4v) is 11.8. The molecule has 0 unspecified atom stereocenters. The molecular formula is C69H42. The number of benzene rings is 12. The van der Waals surface area contributed by atoms with E-state index in [4.69, 9.17) is 0 Å². The summed E-state index contributed by atoms with van der Waals surface area (Å²) >= 11 is 0. The molecule has 2 aliphatic carbocycles. The third-order valence-electron chi connectivity index (χ3n) is 14.6. The Kier molecular flexibility index (Phi) is 8.96. The molecule has 0 saturated heterocycles. The molecule has 0 atom stereocenters. The lowest BCUT2D eigenvalue weighted by Crippen LogP contribution is -2.23. The van der Waals surface area contributed by atoms with E-state index in [1.54, 1.807) is 0 Å². The van der Waals surface area contributed by atoms with Gasteiger partial charge in [0.25, 0.3) is 0 Å². The number of fused-ring (bicyclic) bond motifs is 8. The van der Waals surface area contributed by atoms with Crippen LogP contribution in [0.5, 0.6) is 0 Å². The first kappa shape index (κ1) is 39.1. The van der Waals surface area contributed by atoms with Crippen LogP contribution in [-0.4, -0.2) is 0 Å². The van der Waals surface area contributed by atoms with Crippen LogP contribution in [0.25, 0.3) is 81.5 Å². The zero-order chi connectivity index (χ0) is 45.4. The minimum absolute atomic E-state index is 1.10. The molecule has 2 aliphatic rings. The normalized spacial score (nSPS) is 13.1. The van der Waals surface area contributed by atoms with Crippen LogP contribution in [0.4, 0.5) is 0 Å². The highest BCUT2D eigenvalue weighted by molar-refractivity contribution is 6.09. The van der Waals surface area contributed by atoms with Crippen LogP contribution in [0, 0.1) is 22.8 Å². The van der Waals surface area contributed by atoms with Crippen LogP contribution in [-0.2, 0) is 0 Å². The molecule has 0 N–H and O–H groups in total. The minimum atomic E-state index is 1.10. The molecule has 0 nitrogen and oxygen atoms in total. The molecule has 0 aliphatic heterocycles. The zero-order valence-electron chi connectivity index (χ0n) is 37.7. The van der Waals surface area contributed by atoms with Gasteiger partial charge in [0.1, 0.15) is 0 Å². The van der Waals surface area contributed by atoms with Gasteiger partial charge < -0.3 is 0 Å². The second-order valence-corrected chi connectivity index (χ2v) is 18.2. The first-order valence-electron chi connectivity index (χ1n) is 23.9. The molecule has 0 fully saturated rings. The summed E-state index contributed by atoms with van der Waals surface area (Å²) in [7, 11) is 0. The fraction of sp³-hybridized carbons (Fsp3) is 0. The van der Waals surface area contributed by atoms with Gasteiger partial charge in [-0.05, 0) is 141 Å². The van der Waals surface area contributed by atoms with Crippen molar-refractivity contribution in [2.24, 2.45) is 0 Å². The van der Waals surface area contributed by atoms with E-state index in [9.17, 15) is 0 Å². The van der Waals surface area contributed by atoms with E-state index >= 15 is 0 Å². The van der Waals surface area contributed by atoms with Gasteiger partial charge in [-0.2, -0.15) is 30.7 Å². The van der Waals surface area contributed by atoms with Crippen molar-refractivity contribution in [1.29, 1.82) is 0 Å². The van der Waals surface area contributed by atoms with Gasteiger partial charge >= 0.3 is 0 Å². The zero-order valence-corrected chi connectivity index (χ0v) is 37.7. The van der Waals surface area contributed by atoms with E-state index in [0.717, 1.165) is 10.4 Å². The van der Waals surface area contributed by atoms with Gasteiger partial charge in [0.15, 0.2) is 0 Å². The van der Waals surface area contributed by atoms with Crippen LogP contribution < -0.4 is 20.9 Å². The molecule has 0 saturated carbocycles. The Bertz CT molecular complexity index is 4350. The maximum atomic E-state index is 4.24. The van der Waals surface area contributed by atoms with E-state index in [2.05, 4.69) is 261 Å². The first-order valence-corrected chi connectivity index (χ1v) is 23.9. The topological polar surface area (TPSA) is 0 Å². The summed E-state index contributed by atoms with van der Waals surface area (Å²) in [5, 5.41) is 21.8. The molecule has 0 heterocycles.